The average Bonchev–Trinajstić information content (AvgIpc) is 2.58. The van der Waals surface area contributed by atoms with Gasteiger partial charge in [0.05, 0.1) is 4.58 Å². The predicted octanol–water partition coefficient (Wildman–Crippen LogP) is 3.54. The minimum Gasteiger partial charge on any atom is -0.114 e. The van der Waals surface area contributed by atoms with Crippen molar-refractivity contribution < 1.29 is 0 Å². The number of allylic oxidation sites excluding steroid dienone is 3. The molecule has 0 spiro atoms. The average molecular weight is 182 g/mol. The first-order valence-corrected chi connectivity index (χ1v) is 5.67. The van der Waals surface area contributed by atoms with Crippen LogP contribution in [0.15, 0.2) is 34.6 Å². The molecule has 2 rings (SSSR count). The van der Waals surface area contributed by atoms with Crippen molar-refractivity contribution in [2.45, 2.75) is 17.4 Å². The molecule has 1 heterocycles. The molecule has 0 bridgehead atoms. The summed E-state index contributed by atoms with van der Waals surface area (Å²) in [4.78, 5) is 0. The van der Waals surface area contributed by atoms with Gasteiger partial charge in [0.15, 0.2) is 0 Å². The predicted molar refractivity (Wildman–Crippen MR) is 54.6 cm³/mol. The maximum absolute atomic E-state index is 2.27. The minimum atomic E-state index is 0.681. The van der Waals surface area contributed by atoms with Crippen molar-refractivity contribution in [2.24, 2.45) is 0 Å². The topological polar surface area (TPSA) is 0 Å². The van der Waals surface area contributed by atoms with E-state index in [0.29, 0.717) is 4.58 Å². The second-order valence-electron chi connectivity index (χ2n) is 2.58. The molecule has 1 aliphatic heterocycles. The first-order valence-electron chi connectivity index (χ1n) is 3.78. The third-order valence-corrected chi connectivity index (χ3v) is 4.33. The summed E-state index contributed by atoms with van der Waals surface area (Å²) >= 11 is 3.86. The van der Waals surface area contributed by atoms with Crippen LogP contribution >= 0.6 is 23.5 Å². The van der Waals surface area contributed by atoms with Crippen LogP contribution in [0.5, 0.6) is 0 Å². The zero-order valence-corrected chi connectivity index (χ0v) is 7.83. The van der Waals surface area contributed by atoms with Gasteiger partial charge in [0.2, 0.25) is 0 Å². The molecule has 11 heavy (non-hydrogen) atoms. The minimum absolute atomic E-state index is 0.681. The van der Waals surface area contributed by atoms with Crippen molar-refractivity contribution in [3.63, 3.8) is 0 Å². The van der Waals surface area contributed by atoms with E-state index in [0.717, 1.165) is 0 Å². The standard InChI is InChI=1S/C9H10S2/c1-2-4-8(5-3-1)9-10-6-7-11-9/h1-2,4,6-7,9H,3,5H2. The summed E-state index contributed by atoms with van der Waals surface area (Å²) in [6, 6.07) is 0. The van der Waals surface area contributed by atoms with Gasteiger partial charge >= 0.3 is 0 Å². The molecule has 0 unspecified atom stereocenters. The van der Waals surface area contributed by atoms with Crippen molar-refractivity contribution in [3.05, 3.63) is 34.6 Å². The molecule has 0 saturated heterocycles. The second-order valence-corrected chi connectivity index (χ2v) is 4.91. The van der Waals surface area contributed by atoms with Crippen molar-refractivity contribution >= 4 is 23.5 Å². The summed E-state index contributed by atoms with van der Waals surface area (Å²) in [6.45, 7) is 0. The Morgan fingerprint density at radius 2 is 2.09 bits per heavy atom. The lowest BCUT2D eigenvalue weighted by molar-refractivity contribution is 0.956. The second kappa shape index (κ2) is 3.55. The zero-order valence-electron chi connectivity index (χ0n) is 6.19. The van der Waals surface area contributed by atoms with Crippen LogP contribution in [0.25, 0.3) is 0 Å². The van der Waals surface area contributed by atoms with Gasteiger partial charge < -0.3 is 0 Å². The molecule has 0 aromatic carbocycles. The largest absolute Gasteiger partial charge is 0.114 e. The fraction of sp³-hybridized carbons (Fsp3) is 0.333. The fourth-order valence-corrected chi connectivity index (χ4v) is 3.41. The van der Waals surface area contributed by atoms with E-state index >= 15 is 0 Å². The van der Waals surface area contributed by atoms with E-state index in [-0.39, 0.29) is 0 Å². The maximum Gasteiger partial charge on any atom is 0.0797 e. The van der Waals surface area contributed by atoms with Gasteiger partial charge in [-0.25, -0.2) is 0 Å². The highest BCUT2D eigenvalue weighted by Crippen LogP contribution is 2.40. The van der Waals surface area contributed by atoms with Gasteiger partial charge in [-0.05, 0) is 29.2 Å². The summed E-state index contributed by atoms with van der Waals surface area (Å²) in [5.41, 5.74) is 1.59. The molecule has 0 N–H and O–H groups in total. The van der Waals surface area contributed by atoms with Gasteiger partial charge in [0.1, 0.15) is 0 Å². The monoisotopic (exact) mass is 182 g/mol. The van der Waals surface area contributed by atoms with Gasteiger partial charge in [-0.15, -0.1) is 23.5 Å². The van der Waals surface area contributed by atoms with Crippen LogP contribution in [0.2, 0.25) is 0 Å². The Balaban J connectivity index is 2.03. The molecular weight excluding hydrogens is 172 g/mol. The Labute approximate surface area is 75.8 Å². The van der Waals surface area contributed by atoms with E-state index in [2.05, 4.69) is 29.0 Å². The lowest BCUT2D eigenvalue weighted by Crippen LogP contribution is -1.99. The molecule has 0 nitrogen and oxygen atoms in total. The van der Waals surface area contributed by atoms with Gasteiger partial charge in [-0.2, -0.15) is 0 Å². The quantitative estimate of drug-likeness (QED) is 0.608. The summed E-state index contributed by atoms with van der Waals surface area (Å²) in [5.74, 6) is 0. The third-order valence-electron chi connectivity index (χ3n) is 1.81. The van der Waals surface area contributed by atoms with Crippen LogP contribution in [0, 0.1) is 0 Å². The number of thioether (sulfide) groups is 2. The molecule has 0 saturated carbocycles. The van der Waals surface area contributed by atoms with Crippen molar-refractivity contribution in [2.75, 3.05) is 0 Å². The molecule has 1 aliphatic carbocycles. The fourth-order valence-electron chi connectivity index (χ4n) is 1.23. The highest BCUT2D eigenvalue weighted by atomic mass is 32.2. The molecule has 58 valence electrons. The van der Waals surface area contributed by atoms with E-state index in [1.165, 1.54) is 12.8 Å². The highest BCUT2D eigenvalue weighted by Gasteiger charge is 2.16. The van der Waals surface area contributed by atoms with E-state index < -0.39 is 0 Å². The molecule has 0 amide bonds. The zero-order chi connectivity index (χ0) is 7.52. The van der Waals surface area contributed by atoms with Crippen molar-refractivity contribution in [3.8, 4) is 0 Å². The smallest absolute Gasteiger partial charge is 0.0797 e. The Hall–Kier alpha value is -0.0800. The van der Waals surface area contributed by atoms with E-state index in [9.17, 15) is 0 Å². The van der Waals surface area contributed by atoms with Gasteiger partial charge in [-0.1, -0.05) is 18.2 Å². The van der Waals surface area contributed by atoms with Crippen LogP contribution in [-0.2, 0) is 0 Å². The molecular formula is C9H10S2. The van der Waals surface area contributed by atoms with Crippen LogP contribution in [-0.4, -0.2) is 4.58 Å². The van der Waals surface area contributed by atoms with Crippen molar-refractivity contribution in [1.29, 1.82) is 0 Å². The Bertz CT molecular complexity index is 218. The van der Waals surface area contributed by atoms with E-state index in [1.807, 2.05) is 23.5 Å². The Morgan fingerprint density at radius 1 is 1.27 bits per heavy atom. The molecule has 2 heteroatoms. The molecule has 0 fully saturated rings. The number of hydrogen-bond donors (Lipinski definition) is 0. The van der Waals surface area contributed by atoms with Crippen LogP contribution in [0.3, 0.4) is 0 Å². The number of rotatable bonds is 1. The highest BCUT2D eigenvalue weighted by molar-refractivity contribution is 8.22. The molecule has 0 aromatic heterocycles. The van der Waals surface area contributed by atoms with Crippen LogP contribution in [0.1, 0.15) is 12.8 Å². The molecule has 0 atom stereocenters. The number of hydrogen-bond acceptors (Lipinski definition) is 2. The van der Waals surface area contributed by atoms with E-state index in [1.54, 1.807) is 5.57 Å². The Kier molecular flexibility index (Phi) is 2.44. The molecule has 0 aromatic rings. The van der Waals surface area contributed by atoms with Gasteiger partial charge in [0.25, 0.3) is 0 Å². The summed E-state index contributed by atoms with van der Waals surface area (Å²) in [7, 11) is 0. The first-order chi connectivity index (χ1) is 5.47. The third kappa shape index (κ3) is 1.74. The SMILES string of the molecule is C1=CCCC(C2SC=CS2)=C1. The summed E-state index contributed by atoms with van der Waals surface area (Å²) < 4.78 is 0.681. The van der Waals surface area contributed by atoms with Crippen molar-refractivity contribution in [1.82, 2.24) is 0 Å². The first kappa shape index (κ1) is 7.56. The van der Waals surface area contributed by atoms with Crippen LogP contribution in [0.4, 0.5) is 0 Å². The molecule has 0 radical (unpaired) electrons. The van der Waals surface area contributed by atoms with Crippen LogP contribution < -0.4 is 0 Å². The normalized spacial score (nSPS) is 24.2. The summed E-state index contributed by atoms with van der Waals surface area (Å²) in [6.07, 6.45) is 9.16. The lowest BCUT2D eigenvalue weighted by atomic mass is 10.1. The van der Waals surface area contributed by atoms with Gasteiger partial charge in [0, 0.05) is 0 Å². The maximum atomic E-state index is 2.27. The summed E-state index contributed by atoms with van der Waals surface area (Å²) in [5, 5.41) is 4.38. The molecule has 2 aliphatic rings. The Morgan fingerprint density at radius 3 is 2.73 bits per heavy atom. The van der Waals surface area contributed by atoms with Gasteiger partial charge in [-0.3, -0.25) is 0 Å². The lowest BCUT2D eigenvalue weighted by Gasteiger charge is -2.13. The van der Waals surface area contributed by atoms with E-state index in [4.69, 9.17) is 0 Å².